The molecule has 2 aliphatic heterocycles. The third-order valence-corrected chi connectivity index (χ3v) is 6.68. The number of hydrogen-bond donors (Lipinski definition) is 2. The van der Waals surface area contributed by atoms with Crippen molar-refractivity contribution >= 4 is 34.7 Å². The van der Waals surface area contributed by atoms with Gasteiger partial charge in [-0.15, -0.1) is 5.10 Å². The van der Waals surface area contributed by atoms with Gasteiger partial charge in [0.05, 0.1) is 35.7 Å². The predicted octanol–water partition coefficient (Wildman–Crippen LogP) is 0.240. The van der Waals surface area contributed by atoms with Gasteiger partial charge in [0, 0.05) is 31.8 Å². The summed E-state index contributed by atoms with van der Waals surface area (Å²) >= 11 is 0. The molecule has 0 spiro atoms. The van der Waals surface area contributed by atoms with Crippen LogP contribution in [-0.2, 0) is 29.7 Å². The van der Waals surface area contributed by atoms with Crippen LogP contribution in [-0.4, -0.2) is 64.1 Å². The molecule has 2 aliphatic rings. The first-order valence-corrected chi connectivity index (χ1v) is 11.6. The van der Waals surface area contributed by atoms with E-state index in [0.717, 1.165) is 16.6 Å². The lowest BCUT2D eigenvalue weighted by Gasteiger charge is -2.29. The van der Waals surface area contributed by atoms with Crippen molar-refractivity contribution in [2.75, 3.05) is 0 Å². The van der Waals surface area contributed by atoms with Crippen LogP contribution in [0.3, 0.4) is 0 Å². The third kappa shape index (κ3) is 3.90. The minimum absolute atomic E-state index is 0.127. The zero-order valence-corrected chi connectivity index (χ0v) is 19.7. The molecular weight excluding hydrogens is 478 g/mol. The highest BCUT2D eigenvalue weighted by molar-refractivity contribution is 6.05. The Labute approximate surface area is 209 Å². The van der Waals surface area contributed by atoms with Crippen LogP contribution in [0, 0.1) is 0 Å². The van der Waals surface area contributed by atoms with Gasteiger partial charge in [-0.25, -0.2) is 9.67 Å². The van der Waals surface area contributed by atoms with Crippen LogP contribution in [0.5, 0.6) is 0 Å². The quantitative estimate of drug-likeness (QED) is 0.370. The number of amides is 4. The van der Waals surface area contributed by atoms with Crippen LogP contribution < -0.4 is 10.6 Å². The van der Waals surface area contributed by atoms with Gasteiger partial charge in [-0.3, -0.25) is 29.5 Å². The van der Waals surface area contributed by atoms with Crippen molar-refractivity contribution in [1.29, 1.82) is 0 Å². The minimum atomic E-state index is -0.685. The second-order valence-corrected chi connectivity index (χ2v) is 8.92. The molecule has 5 heterocycles. The molecule has 37 heavy (non-hydrogen) atoms. The highest BCUT2D eigenvalue weighted by Crippen LogP contribution is 2.29. The van der Waals surface area contributed by atoms with Gasteiger partial charge in [0.15, 0.2) is 5.69 Å². The summed E-state index contributed by atoms with van der Waals surface area (Å²) in [5.74, 6) is -0.777. The van der Waals surface area contributed by atoms with E-state index in [1.54, 1.807) is 36.7 Å². The van der Waals surface area contributed by atoms with Gasteiger partial charge < -0.3 is 14.8 Å². The molecule has 1 aromatic carbocycles. The van der Waals surface area contributed by atoms with Crippen LogP contribution in [0.15, 0.2) is 42.9 Å². The molecule has 0 saturated carbocycles. The maximum Gasteiger partial charge on any atom is 0.273 e. The van der Waals surface area contributed by atoms with E-state index in [4.69, 9.17) is 0 Å². The Morgan fingerprint density at radius 2 is 2.08 bits per heavy atom. The summed E-state index contributed by atoms with van der Waals surface area (Å²) in [5, 5.41) is 13.2. The summed E-state index contributed by atoms with van der Waals surface area (Å²) in [6, 6.07) is 6.27. The molecule has 1 unspecified atom stereocenters. The molecular formula is C24H21N9O4. The monoisotopic (exact) mass is 499 g/mol. The van der Waals surface area contributed by atoms with Gasteiger partial charge in [0.2, 0.25) is 11.8 Å². The molecule has 13 nitrogen and oxygen atoms in total. The first-order chi connectivity index (χ1) is 17.9. The number of carbonyl (C=O) groups excluding carboxylic acids is 4. The van der Waals surface area contributed by atoms with Crippen molar-refractivity contribution in [2.45, 2.75) is 32.0 Å². The lowest BCUT2D eigenvalue weighted by Crippen LogP contribution is -2.52. The SMILES string of the molecule is Cn1c(CNC(=O)c2cn(-c3ccc4c(c3)CN(C3CCC(=O)NC3=O)C4=O)nn2)nc2ccncc21. The number of aromatic nitrogens is 6. The number of nitrogens with one attached hydrogen (secondary N) is 2. The fourth-order valence-electron chi connectivity index (χ4n) is 4.69. The van der Waals surface area contributed by atoms with Crippen LogP contribution in [0.2, 0.25) is 0 Å². The largest absolute Gasteiger partial charge is 0.343 e. The van der Waals surface area contributed by atoms with E-state index in [1.165, 1.54) is 15.8 Å². The number of imide groups is 1. The van der Waals surface area contributed by atoms with E-state index in [9.17, 15) is 19.2 Å². The van der Waals surface area contributed by atoms with Crippen molar-refractivity contribution in [3.05, 3.63) is 65.5 Å². The lowest BCUT2D eigenvalue weighted by molar-refractivity contribution is -0.136. The molecule has 0 bridgehead atoms. The van der Waals surface area contributed by atoms with Gasteiger partial charge in [0.1, 0.15) is 11.9 Å². The van der Waals surface area contributed by atoms with E-state index in [2.05, 4.69) is 30.9 Å². The number of carbonyl (C=O) groups is 4. The summed E-state index contributed by atoms with van der Waals surface area (Å²) in [6.45, 7) is 0.442. The van der Waals surface area contributed by atoms with Crippen LogP contribution in [0.1, 0.15) is 45.1 Å². The Balaban J connectivity index is 1.15. The van der Waals surface area contributed by atoms with Crippen molar-refractivity contribution in [3.63, 3.8) is 0 Å². The Morgan fingerprint density at radius 1 is 1.22 bits per heavy atom. The van der Waals surface area contributed by atoms with Gasteiger partial charge in [-0.05, 0) is 36.2 Å². The van der Waals surface area contributed by atoms with Gasteiger partial charge in [-0.1, -0.05) is 5.21 Å². The van der Waals surface area contributed by atoms with Crippen molar-refractivity contribution in [1.82, 2.24) is 45.1 Å². The average molecular weight is 499 g/mol. The first kappa shape index (κ1) is 22.5. The lowest BCUT2D eigenvalue weighted by atomic mass is 10.0. The molecule has 2 N–H and O–H groups in total. The van der Waals surface area contributed by atoms with E-state index in [1.807, 2.05) is 11.6 Å². The molecule has 6 rings (SSSR count). The highest BCUT2D eigenvalue weighted by Gasteiger charge is 2.39. The zero-order chi connectivity index (χ0) is 25.7. The van der Waals surface area contributed by atoms with E-state index in [0.29, 0.717) is 23.5 Å². The minimum Gasteiger partial charge on any atom is -0.343 e. The second-order valence-electron chi connectivity index (χ2n) is 8.92. The molecule has 3 aromatic heterocycles. The molecule has 1 saturated heterocycles. The topological polar surface area (TPSA) is 157 Å². The van der Waals surface area contributed by atoms with Crippen molar-refractivity contribution in [2.24, 2.45) is 7.05 Å². The molecule has 4 amide bonds. The zero-order valence-electron chi connectivity index (χ0n) is 19.7. The third-order valence-electron chi connectivity index (χ3n) is 6.68. The summed E-state index contributed by atoms with van der Waals surface area (Å²) in [4.78, 5) is 59.4. The first-order valence-electron chi connectivity index (χ1n) is 11.6. The normalized spacial score (nSPS) is 17.3. The second kappa shape index (κ2) is 8.62. The highest BCUT2D eigenvalue weighted by atomic mass is 16.2. The Hall–Kier alpha value is -4.94. The molecule has 0 aliphatic carbocycles. The van der Waals surface area contributed by atoms with E-state index >= 15 is 0 Å². The molecule has 1 atom stereocenters. The Bertz CT molecular complexity index is 1600. The van der Waals surface area contributed by atoms with Gasteiger partial charge >= 0.3 is 0 Å². The number of nitrogens with zero attached hydrogens (tertiary/aromatic N) is 7. The maximum absolute atomic E-state index is 12.9. The summed E-state index contributed by atoms with van der Waals surface area (Å²) in [5.41, 5.74) is 3.62. The summed E-state index contributed by atoms with van der Waals surface area (Å²) < 4.78 is 3.32. The molecule has 4 aromatic rings. The predicted molar refractivity (Wildman–Crippen MR) is 127 cm³/mol. The number of benzene rings is 1. The van der Waals surface area contributed by atoms with Crippen LogP contribution in [0.25, 0.3) is 16.7 Å². The van der Waals surface area contributed by atoms with Gasteiger partial charge in [-0.2, -0.15) is 0 Å². The number of piperidine rings is 1. The molecule has 0 radical (unpaired) electrons. The van der Waals surface area contributed by atoms with Crippen LogP contribution in [0.4, 0.5) is 0 Å². The average Bonchev–Trinajstić information content (AvgIpc) is 3.59. The summed E-state index contributed by atoms with van der Waals surface area (Å²) in [6.07, 6.45) is 5.37. The van der Waals surface area contributed by atoms with E-state index < -0.39 is 17.9 Å². The number of fused-ring (bicyclic) bond motifs is 2. The molecule has 13 heteroatoms. The fourth-order valence-corrected chi connectivity index (χ4v) is 4.69. The number of imidazole rings is 1. The van der Waals surface area contributed by atoms with Crippen molar-refractivity contribution < 1.29 is 19.2 Å². The maximum atomic E-state index is 12.9. The Morgan fingerprint density at radius 3 is 2.89 bits per heavy atom. The standard InChI is InChI=1S/C24H21N9O4/c1-31-19-9-25-7-6-16(19)27-20(31)10-26-22(35)17-12-33(30-29-17)14-2-3-15-13(8-14)11-32(24(15)37)18-4-5-21(34)28-23(18)36/h2-3,6-9,12,18H,4-5,10-11H2,1H3,(H,26,35)(H,28,34,36). The van der Waals surface area contributed by atoms with E-state index in [-0.39, 0.29) is 37.0 Å². The number of rotatable bonds is 5. The fraction of sp³-hybridized carbons (Fsp3) is 0.250. The number of pyridine rings is 1. The number of hydrogen-bond acceptors (Lipinski definition) is 8. The van der Waals surface area contributed by atoms with Gasteiger partial charge in [0.25, 0.3) is 11.8 Å². The van der Waals surface area contributed by atoms with Crippen LogP contribution >= 0.6 is 0 Å². The molecule has 1 fully saturated rings. The van der Waals surface area contributed by atoms with Crippen molar-refractivity contribution in [3.8, 4) is 5.69 Å². The molecule has 186 valence electrons. The smallest absolute Gasteiger partial charge is 0.273 e. The number of aryl methyl sites for hydroxylation is 1. The summed E-state index contributed by atoms with van der Waals surface area (Å²) in [7, 11) is 1.86. The Kier molecular flexibility index (Phi) is 5.25.